The Hall–Kier alpha value is -1.00. The summed E-state index contributed by atoms with van der Waals surface area (Å²) in [7, 11) is -3.99. The Bertz CT molecular complexity index is 616. The predicted octanol–water partition coefficient (Wildman–Crippen LogP) is 0.0872. The fourth-order valence-corrected chi connectivity index (χ4v) is 3.36. The summed E-state index contributed by atoms with van der Waals surface area (Å²) in [6, 6.07) is 2.34. The average molecular weight is 368 g/mol. The SMILES string of the molecule is Cc1c(Br)cc(C(=O)O)cc1S(=O)(=O)NCC(O)CO. The van der Waals surface area contributed by atoms with Gasteiger partial charge < -0.3 is 15.3 Å². The van der Waals surface area contributed by atoms with Crippen LogP contribution in [0.5, 0.6) is 0 Å². The van der Waals surface area contributed by atoms with E-state index in [4.69, 9.17) is 15.3 Å². The molecule has 0 radical (unpaired) electrons. The minimum atomic E-state index is -3.99. The normalized spacial score (nSPS) is 13.2. The molecule has 4 N–H and O–H groups in total. The van der Waals surface area contributed by atoms with Crippen LogP contribution in [0.2, 0.25) is 0 Å². The van der Waals surface area contributed by atoms with Gasteiger partial charge in [-0.3, -0.25) is 0 Å². The van der Waals surface area contributed by atoms with E-state index in [1.54, 1.807) is 0 Å². The smallest absolute Gasteiger partial charge is 0.335 e. The third-order valence-corrected chi connectivity index (χ3v) is 4.93. The van der Waals surface area contributed by atoms with Crippen molar-refractivity contribution >= 4 is 31.9 Å². The Labute approximate surface area is 124 Å². The van der Waals surface area contributed by atoms with Crippen LogP contribution in [0, 0.1) is 6.92 Å². The second-order valence-corrected chi connectivity index (χ2v) is 6.66. The second kappa shape index (κ2) is 6.64. The van der Waals surface area contributed by atoms with Gasteiger partial charge in [-0.25, -0.2) is 17.9 Å². The molecule has 20 heavy (non-hydrogen) atoms. The van der Waals surface area contributed by atoms with Gasteiger partial charge in [0.1, 0.15) is 0 Å². The van der Waals surface area contributed by atoms with Crippen molar-refractivity contribution in [3.05, 3.63) is 27.7 Å². The number of aromatic carboxylic acids is 1. The van der Waals surface area contributed by atoms with Crippen molar-refractivity contribution in [2.24, 2.45) is 0 Å². The predicted molar refractivity (Wildman–Crippen MR) is 74.1 cm³/mol. The molecule has 112 valence electrons. The molecule has 0 aliphatic rings. The zero-order chi connectivity index (χ0) is 15.5. The highest BCUT2D eigenvalue weighted by Crippen LogP contribution is 2.25. The summed E-state index contributed by atoms with van der Waals surface area (Å²) in [6.45, 7) is 0.570. The van der Waals surface area contributed by atoms with Gasteiger partial charge in [0.05, 0.1) is 23.2 Å². The lowest BCUT2D eigenvalue weighted by molar-refractivity contribution is 0.0696. The van der Waals surface area contributed by atoms with Gasteiger partial charge in [0.25, 0.3) is 0 Å². The molecule has 9 heteroatoms. The highest BCUT2D eigenvalue weighted by molar-refractivity contribution is 9.10. The van der Waals surface area contributed by atoms with E-state index < -0.39 is 28.7 Å². The number of aliphatic hydroxyl groups excluding tert-OH is 2. The van der Waals surface area contributed by atoms with Gasteiger partial charge >= 0.3 is 5.97 Å². The summed E-state index contributed by atoms with van der Waals surface area (Å²) >= 11 is 3.11. The number of carboxylic acids is 1. The van der Waals surface area contributed by atoms with Crippen LogP contribution < -0.4 is 4.72 Å². The molecule has 0 bridgehead atoms. The maximum Gasteiger partial charge on any atom is 0.335 e. The molecule has 0 saturated heterocycles. The Kier molecular flexibility index (Phi) is 5.66. The van der Waals surface area contributed by atoms with Gasteiger partial charge in [-0.2, -0.15) is 0 Å². The summed E-state index contributed by atoms with van der Waals surface area (Å²) in [5, 5.41) is 26.7. The Morgan fingerprint density at radius 3 is 2.55 bits per heavy atom. The molecule has 1 rings (SSSR count). The number of hydrogen-bond acceptors (Lipinski definition) is 5. The van der Waals surface area contributed by atoms with E-state index in [-0.39, 0.29) is 17.0 Å². The maximum absolute atomic E-state index is 12.1. The number of carbonyl (C=O) groups is 1. The second-order valence-electron chi connectivity index (χ2n) is 4.07. The number of nitrogens with one attached hydrogen (secondary N) is 1. The monoisotopic (exact) mass is 367 g/mol. The van der Waals surface area contributed by atoms with Crippen molar-refractivity contribution in [1.29, 1.82) is 0 Å². The van der Waals surface area contributed by atoms with Crippen LogP contribution in [-0.4, -0.2) is 49.0 Å². The van der Waals surface area contributed by atoms with Crippen molar-refractivity contribution < 1.29 is 28.5 Å². The first kappa shape index (κ1) is 17.1. The van der Waals surface area contributed by atoms with Crippen molar-refractivity contribution in [2.45, 2.75) is 17.9 Å². The third-order valence-electron chi connectivity index (χ3n) is 2.55. The number of benzene rings is 1. The fraction of sp³-hybridized carbons (Fsp3) is 0.364. The number of aliphatic hydroxyl groups is 2. The molecule has 0 aliphatic heterocycles. The van der Waals surface area contributed by atoms with Gasteiger partial charge in [0.2, 0.25) is 10.0 Å². The standard InChI is InChI=1S/C11H14BrNO6S/c1-6-9(12)2-7(11(16)17)3-10(6)20(18,19)13-4-8(15)5-14/h2-3,8,13-15H,4-5H2,1H3,(H,16,17). The van der Waals surface area contributed by atoms with Crippen LogP contribution in [0.1, 0.15) is 15.9 Å². The lowest BCUT2D eigenvalue weighted by atomic mass is 10.1. The minimum Gasteiger partial charge on any atom is -0.478 e. The van der Waals surface area contributed by atoms with Crippen LogP contribution in [0.3, 0.4) is 0 Å². The van der Waals surface area contributed by atoms with Gasteiger partial charge in [-0.05, 0) is 24.6 Å². The maximum atomic E-state index is 12.1. The van der Waals surface area contributed by atoms with Crippen molar-refractivity contribution in [1.82, 2.24) is 4.72 Å². The number of sulfonamides is 1. The van der Waals surface area contributed by atoms with Crippen molar-refractivity contribution in [3.63, 3.8) is 0 Å². The van der Waals surface area contributed by atoms with Crippen LogP contribution in [0.4, 0.5) is 0 Å². The van der Waals surface area contributed by atoms with Crippen molar-refractivity contribution in [3.8, 4) is 0 Å². The van der Waals surface area contributed by atoms with E-state index in [1.165, 1.54) is 13.0 Å². The van der Waals surface area contributed by atoms with Crippen LogP contribution in [-0.2, 0) is 10.0 Å². The highest BCUT2D eigenvalue weighted by Gasteiger charge is 2.21. The molecule has 0 spiro atoms. The summed E-state index contributed by atoms with van der Waals surface area (Å²) in [5.41, 5.74) is 0.173. The molecule has 1 atom stereocenters. The Morgan fingerprint density at radius 1 is 1.45 bits per heavy atom. The average Bonchev–Trinajstić information content (AvgIpc) is 2.38. The molecule has 0 fully saturated rings. The number of carboxylic acid groups (broad SMARTS) is 1. The molecular weight excluding hydrogens is 354 g/mol. The highest BCUT2D eigenvalue weighted by atomic mass is 79.9. The van der Waals surface area contributed by atoms with Gasteiger partial charge in [0.15, 0.2) is 0 Å². The zero-order valence-electron chi connectivity index (χ0n) is 10.5. The molecule has 0 amide bonds. The molecule has 0 aliphatic carbocycles. The van der Waals surface area contributed by atoms with Gasteiger partial charge in [-0.15, -0.1) is 0 Å². The molecule has 1 unspecified atom stereocenters. The van der Waals surface area contributed by atoms with E-state index in [0.717, 1.165) is 6.07 Å². The first-order valence-corrected chi connectivity index (χ1v) is 7.78. The molecule has 0 saturated carbocycles. The van der Waals surface area contributed by atoms with Crippen molar-refractivity contribution in [2.75, 3.05) is 13.2 Å². The Balaban J connectivity index is 3.20. The van der Waals surface area contributed by atoms with E-state index in [1.807, 2.05) is 0 Å². The largest absolute Gasteiger partial charge is 0.478 e. The lowest BCUT2D eigenvalue weighted by Gasteiger charge is -2.13. The lowest BCUT2D eigenvalue weighted by Crippen LogP contribution is -2.34. The number of rotatable bonds is 6. The van der Waals surface area contributed by atoms with Crippen LogP contribution >= 0.6 is 15.9 Å². The van der Waals surface area contributed by atoms with Gasteiger partial charge in [-0.1, -0.05) is 15.9 Å². The van der Waals surface area contributed by atoms with E-state index in [2.05, 4.69) is 20.7 Å². The van der Waals surface area contributed by atoms with E-state index >= 15 is 0 Å². The zero-order valence-corrected chi connectivity index (χ0v) is 12.9. The number of hydrogen-bond donors (Lipinski definition) is 4. The van der Waals surface area contributed by atoms with Gasteiger partial charge in [0, 0.05) is 11.0 Å². The Morgan fingerprint density at radius 2 is 2.05 bits per heavy atom. The molecular formula is C11H14BrNO6S. The molecule has 0 heterocycles. The fourth-order valence-electron chi connectivity index (χ4n) is 1.40. The summed E-state index contributed by atoms with van der Waals surface area (Å²) in [5.74, 6) is -1.25. The molecule has 0 aromatic heterocycles. The summed E-state index contributed by atoms with van der Waals surface area (Å²) < 4.78 is 26.6. The van der Waals surface area contributed by atoms with Crippen LogP contribution in [0.15, 0.2) is 21.5 Å². The molecule has 1 aromatic rings. The number of halogens is 1. The van der Waals surface area contributed by atoms with Crippen LogP contribution in [0.25, 0.3) is 0 Å². The third kappa shape index (κ3) is 4.00. The van der Waals surface area contributed by atoms with E-state index in [0.29, 0.717) is 10.0 Å². The van der Waals surface area contributed by atoms with E-state index in [9.17, 15) is 13.2 Å². The first-order valence-electron chi connectivity index (χ1n) is 5.51. The minimum absolute atomic E-state index is 0.175. The summed E-state index contributed by atoms with van der Waals surface area (Å²) in [6.07, 6.45) is -1.23. The molecule has 1 aromatic carbocycles. The topological polar surface area (TPSA) is 124 Å². The molecule has 7 nitrogen and oxygen atoms in total. The quantitative estimate of drug-likeness (QED) is 0.564. The summed E-state index contributed by atoms with van der Waals surface area (Å²) in [4.78, 5) is 10.7. The first-order chi connectivity index (χ1) is 9.19.